The molecule has 1 fully saturated rings. The number of hydrogen-bond donors (Lipinski definition) is 2. The number of rotatable bonds is 3. The molecule has 0 saturated carbocycles. The third-order valence-electron chi connectivity index (χ3n) is 2.40. The Labute approximate surface area is 80.5 Å². The normalized spacial score (nSPS) is 30.0. The van der Waals surface area contributed by atoms with Crippen LogP contribution in [-0.4, -0.2) is 36.0 Å². The van der Waals surface area contributed by atoms with Crippen LogP contribution in [0.25, 0.3) is 0 Å². The van der Waals surface area contributed by atoms with Crippen LogP contribution in [0.3, 0.4) is 0 Å². The summed E-state index contributed by atoms with van der Waals surface area (Å²) in [6.45, 7) is 7.54. The van der Waals surface area contributed by atoms with Gasteiger partial charge in [0.15, 0.2) is 0 Å². The molecule has 1 aliphatic heterocycles. The van der Waals surface area contributed by atoms with Crippen molar-refractivity contribution in [2.45, 2.75) is 51.4 Å². The van der Waals surface area contributed by atoms with Gasteiger partial charge in [0.2, 0.25) is 0 Å². The highest BCUT2D eigenvalue weighted by molar-refractivity contribution is 4.83. The van der Waals surface area contributed by atoms with Gasteiger partial charge in [-0.25, -0.2) is 0 Å². The molecule has 1 heterocycles. The van der Waals surface area contributed by atoms with E-state index in [0.29, 0.717) is 12.6 Å². The lowest BCUT2D eigenvalue weighted by atomic mass is 9.94. The van der Waals surface area contributed by atoms with Gasteiger partial charge in [0.25, 0.3) is 0 Å². The molecule has 13 heavy (non-hydrogen) atoms. The summed E-state index contributed by atoms with van der Waals surface area (Å²) in [5.41, 5.74) is -0.00535. The Morgan fingerprint density at radius 1 is 1.62 bits per heavy atom. The molecule has 0 aliphatic carbocycles. The van der Waals surface area contributed by atoms with Crippen molar-refractivity contribution < 1.29 is 9.84 Å². The molecular formula is C10H21NO2. The first-order valence-corrected chi connectivity index (χ1v) is 5.05. The predicted octanol–water partition coefficient (Wildman–Crippen LogP) is 0.914. The Morgan fingerprint density at radius 3 is 2.85 bits per heavy atom. The third-order valence-corrected chi connectivity index (χ3v) is 2.40. The molecule has 1 saturated heterocycles. The molecule has 0 aromatic carbocycles. The van der Waals surface area contributed by atoms with Crippen LogP contribution in [-0.2, 0) is 4.74 Å². The number of nitrogens with one attached hydrogen (secondary N) is 1. The Balaban J connectivity index is 2.26. The highest BCUT2D eigenvalue weighted by Crippen LogP contribution is 2.23. The van der Waals surface area contributed by atoms with Crippen LogP contribution in [0.15, 0.2) is 0 Å². The third kappa shape index (κ3) is 4.07. The molecular weight excluding hydrogens is 166 g/mol. The summed E-state index contributed by atoms with van der Waals surface area (Å²) in [6.07, 6.45) is 1.82. The molecule has 0 amide bonds. The lowest BCUT2D eigenvalue weighted by Gasteiger charge is -2.36. The molecule has 2 N–H and O–H groups in total. The maximum atomic E-state index is 9.12. The van der Waals surface area contributed by atoms with Crippen LogP contribution in [0.2, 0.25) is 0 Å². The molecule has 1 rings (SSSR count). The summed E-state index contributed by atoms with van der Waals surface area (Å²) in [4.78, 5) is 0. The van der Waals surface area contributed by atoms with E-state index in [-0.39, 0.29) is 11.7 Å². The van der Waals surface area contributed by atoms with Crippen molar-refractivity contribution in [3.63, 3.8) is 0 Å². The van der Waals surface area contributed by atoms with Gasteiger partial charge < -0.3 is 15.2 Å². The van der Waals surface area contributed by atoms with E-state index < -0.39 is 0 Å². The summed E-state index contributed by atoms with van der Waals surface area (Å²) in [6, 6.07) is 0.498. The van der Waals surface area contributed by atoms with Crippen molar-refractivity contribution in [2.24, 2.45) is 0 Å². The minimum atomic E-state index is -0.258. The van der Waals surface area contributed by atoms with Gasteiger partial charge >= 0.3 is 0 Å². The molecule has 2 unspecified atom stereocenters. The largest absolute Gasteiger partial charge is 0.392 e. The summed E-state index contributed by atoms with van der Waals surface area (Å²) in [7, 11) is 0. The molecule has 3 heteroatoms. The molecule has 0 aromatic rings. The second-order valence-corrected chi connectivity index (χ2v) is 4.56. The maximum Gasteiger partial charge on any atom is 0.0641 e. The van der Waals surface area contributed by atoms with Crippen molar-refractivity contribution in [1.82, 2.24) is 5.32 Å². The van der Waals surface area contributed by atoms with Crippen molar-refractivity contribution in [2.75, 3.05) is 13.2 Å². The minimum absolute atomic E-state index is 0.00535. The van der Waals surface area contributed by atoms with Gasteiger partial charge in [0.1, 0.15) is 0 Å². The van der Waals surface area contributed by atoms with Crippen LogP contribution >= 0.6 is 0 Å². The standard InChI is InChI=1S/C10H21NO2/c1-8(12)7-11-9-4-5-13-10(2,3)6-9/h8-9,11-12H,4-7H2,1-3H3. The van der Waals surface area contributed by atoms with Gasteiger partial charge in [0, 0.05) is 19.2 Å². The Morgan fingerprint density at radius 2 is 2.31 bits per heavy atom. The Kier molecular flexibility index (Phi) is 3.71. The monoisotopic (exact) mass is 187 g/mol. The molecule has 0 spiro atoms. The summed E-state index contributed by atoms with van der Waals surface area (Å²) in [5.74, 6) is 0. The van der Waals surface area contributed by atoms with E-state index in [1.54, 1.807) is 6.92 Å². The van der Waals surface area contributed by atoms with E-state index in [9.17, 15) is 0 Å². The molecule has 0 aromatic heterocycles. The van der Waals surface area contributed by atoms with Gasteiger partial charge in [0.05, 0.1) is 11.7 Å². The fourth-order valence-electron chi connectivity index (χ4n) is 1.74. The molecule has 3 nitrogen and oxygen atoms in total. The number of aliphatic hydroxyl groups is 1. The van der Waals surface area contributed by atoms with E-state index in [1.165, 1.54) is 0 Å². The van der Waals surface area contributed by atoms with E-state index in [1.807, 2.05) is 0 Å². The predicted molar refractivity (Wildman–Crippen MR) is 52.7 cm³/mol. The van der Waals surface area contributed by atoms with Gasteiger partial charge in [-0.05, 0) is 33.6 Å². The second-order valence-electron chi connectivity index (χ2n) is 4.56. The SMILES string of the molecule is CC(O)CNC1CCOC(C)(C)C1. The average molecular weight is 187 g/mol. The van der Waals surface area contributed by atoms with Crippen LogP contribution < -0.4 is 5.32 Å². The van der Waals surface area contributed by atoms with Crippen LogP contribution in [0.5, 0.6) is 0 Å². The quantitative estimate of drug-likeness (QED) is 0.690. The van der Waals surface area contributed by atoms with Crippen LogP contribution in [0.1, 0.15) is 33.6 Å². The van der Waals surface area contributed by atoms with Crippen molar-refractivity contribution >= 4 is 0 Å². The van der Waals surface area contributed by atoms with E-state index in [4.69, 9.17) is 9.84 Å². The molecule has 0 bridgehead atoms. The lowest BCUT2D eigenvalue weighted by molar-refractivity contribution is -0.0637. The fourth-order valence-corrected chi connectivity index (χ4v) is 1.74. The smallest absolute Gasteiger partial charge is 0.0641 e. The van der Waals surface area contributed by atoms with Gasteiger partial charge in [-0.1, -0.05) is 0 Å². The average Bonchev–Trinajstić information content (AvgIpc) is 1.99. The number of hydrogen-bond acceptors (Lipinski definition) is 3. The summed E-state index contributed by atoms with van der Waals surface area (Å²) in [5, 5.41) is 12.5. The molecule has 1 aliphatic rings. The first-order chi connectivity index (χ1) is 5.99. The Bertz CT molecular complexity index is 157. The highest BCUT2D eigenvalue weighted by atomic mass is 16.5. The molecule has 0 radical (unpaired) electrons. The second kappa shape index (κ2) is 4.40. The maximum absolute atomic E-state index is 9.12. The van der Waals surface area contributed by atoms with Gasteiger partial charge in [-0.15, -0.1) is 0 Å². The molecule has 78 valence electrons. The zero-order chi connectivity index (χ0) is 9.90. The zero-order valence-corrected chi connectivity index (χ0v) is 8.84. The van der Waals surface area contributed by atoms with Crippen LogP contribution in [0, 0.1) is 0 Å². The topological polar surface area (TPSA) is 41.5 Å². The van der Waals surface area contributed by atoms with E-state index >= 15 is 0 Å². The van der Waals surface area contributed by atoms with Crippen molar-refractivity contribution in [3.8, 4) is 0 Å². The minimum Gasteiger partial charge on any atom is -0.392 e. The lowest BCUT2D eigenvalue weighted by Crippen LogP contribution is -2.45. The number of aliphatic hydroxyl groups excluding tert-OH is 1. The first kappa shape index (κ1) is 11.0. The Hall–Kier alpha value is -0.120. The van der Waals surface area contributed by atoms with Gasteiger partial charge in [-0.3, -0.25) is 0 Å². The van der Waals surface area contributed by atoms with Crippen molar-refractivity contribution in [1.29, 1.82) is 0 Å². The summed E-state index contributed by atoms with van der Waals surface area (Å²) < 4.78 is 5.60. The fraction of sp³-hybridized carbons (Fsp3) is 1.00. The molecule has 2 atom stereocenters. The van der Waals surface area contributed by atoms with E-state index in [2.05, 4.69) is 19.2 Å². The zero-order valence-electron chi connectivity index (χ0n) is 8.84. The van der Waals surface area contributed by atoms with Crippen molar-refractivity contribution in [3.05, 3.63) is 0 Å². The van der Waals surface area contributed by atoms with Crippen LogP contribution in [0.4, 0.5) is 0 Å². The summed E-state index contributed by atoms with van der Waals surface area (Å²) >= 11 is 0. The number of ether oxygens (including phenoxy) is 1. The van der Waals surface area contributed by atoms with E-state index in [0.717, 1.165) is 19.4 Å². The highest BCUT2D eigenvalue weighted by Gasteiger charge is 2.28. The van der Waals surface area contributed by atoms with Gasteiger partial charge in [-0.2, -0.15) is 0 Å². The first-order valence-electron chi connectivity index (χ1n) is 5.05.